The topological polar surface area (TPSA) is 158 Å². The highest BCUT2D eigenvalue weighted by Crippen LogP contribution is 2.50. The highest BCUT2D eigenvalue weighted by atomic mass is 19.4. The molecule has 0 unspecified atom stereocenters. The number of benzene rings is 2. The van der Waals surface area contributed by atoms with Gasteiger partial charge in [-0.2, -0.15) is 52.7 Å². The minimum Gasteiger partial charge on any atom is -0.478 e. The first kappa shape index (κ1) is 32.5. The highest BCUT2D eigenvalue weighted by molar-refractivity contribution is 6.06. The molecular formula is C20H6F12O9. The van der Waals surface area contributed by atoms with Crippen LogP contribution in [-0.2, 0) is 24.7 Å². The van der Waals surface area contributed by atoms with E-state index in [0.717, 1.165) is 0 Å². The number of rotatable bonds is 6. The summed E-state index contributed by atoms with van der Waals surface area (Å²) in [4.78, 5) is 45.7. The van der Waals surface area contributed by atoms with E-state index in [-0.39, 0.29) is 0 Å². The van der Waals surface area contributed by atoms with Crippen molar-refractivity contribution in [2.75, 3.05) is 0 Å². The third-order valence-corrected chi connectivity index (χ3v) is 4.84. The van der Waals surface area contributed by atoms with Gasteiger partial charge in [-0.3, -0.25) is 0 Å². The summed E-state index contributed by atoms with van der Waals surface area (Å²) in [6, 6.07) is -1.98. The predicted molar refractivity (Wildman–Crippen MR) is 101 cm³/mol. The van der Waals surface area contributed by atoms with Gasteiger partial charge >= 0.3 is 48.6 Å². The Morgan fingerprint density at radius 2 is 0.707 bits per heavy atom. The van der Waals surface area contributed by atoms with Gasteiger partial charge in [0.1, 0.15) is 22.6 Å². The molecule has 0 bridgehead atoms. The number of carboxylic acids is 4. The quantitative estimate of drug-likeness (QED) is 0.271. The Balaban J connectivity index is 3.32. The second kappa shape index (κ2) is 10.0. The molecule has 0 radical (unpaired) electrons. The van der Waals surface area contributed by atoms with Crippen molar-refractivity contribution in [3.8, 4) is 11.5 Å². The van der Waals surface area contributed by atoms with Crippen molar-refractivity contribution >= 4 is 23.9 Å². The van der Waals surface area contributed by atoms with Crippen LogP contribution in [0.4, 0.5) is 52.7 Å². The molecule has 9 nitrogen and oxygen atoms in total. The lowest BCUT2D eigenvalue weighted by atomic mass is 9.92. The van der Waals surface area contributed by atoms with E-state index < -0.39 is 117 Å². The Morgan fingerprint density at radius 1 is 0.463 bits per heavy atom. The van der Waals surface area contributed by atoms with Crippen molar-refractivity contribution in [2.24, 2.45) is 0 Å². The second-order valence-corrected chi connectivity index (χ2v) is 7.41. The maximum Gasteiger partial charge on any atom is 0.420 e. The third kappa shape index (κ3) is 6.22. The molecule has 0 aromatic heterocycles. The molecular weight excluding hydrogens is 612 g/mol. The van der Waals surface area contributed by atoms with E-state index in [9.17, 15) is 71.9 Å². The van der Waals surface area contributed by atoms with Crippen molar-refractivity contribution in [3.63, 3.8) is 0 Å². The summed E-state index contributed by atoms with van der Waals surface area (Å²) in [5.74, 6) is -17.3. The van der Waals surface area contributed by atoms with Crippen LogP contribution in [0.5, 0.6) is 11.5 Å². The van der Waals surface area contributed by atoms with Crippen LogP contribution < -0.4 is 4.74 Å². The summed E-state index contributed by atoms with van der Waals surface area (Å²) in [5, 5.41) is 36.3. The average molecular weight is 618 g/mol. The summed E-state index contributed by atoms with van der Waals surface area (Å²) in [6.45, 7) is 0. The molecule has 0 saturated heterocycles. The van der Waals surface area contributed by atoms with Crippen LogP contribution in [0.15, 0.2) is 12.1 Å². The van der Waals surface area contributed by atoms with E-state index >= 15 is 0 Å². The van der Waals surface area contributed by atoms with Crippen LogP contribution in [0.25, 0.3) is 0 Å². The fraction of sp³-hybridized carbons (Fsp3) is 0.200. The Hall–Kier alpha value is -4.72. The predicted octanol–water partition coefficient (Wildman–Crippen LogP) is 6.35. The van der Waals surface area contributed by atoms with Gasteiger partial charge in [0.25, 0.3) is 0 Å². The lowest BCUT2D eigenvalue weighted by Gasteiger charge is -2.24. The van der Waals surface area contributed by atoms with Crippen molar-refractivity contribution < 1.29 is 97.0 Å². The molecule has 4 N–H and O–H groups in total. The van der Waals surface area contributed by atoms with Crippen LogP contribution in [0.3, 0.4) is 0 Å². The Morgan fingerprint density at radius 3 is 0.878 bits per heavy atom. The number of halogens is 12. The van der Waals surface area contributed by atoms with Crippen LogP contribution in [-0.4, -0.2) is 44.3 Å². The van der Waals surface area contributed by atoms with E-state index in [2.05, 4.69) is 4.74 Å². The van der Waals surface area contributed by atoms with Crippen LogP contribution in [0.1, 0.15) is 63.7 Å². The third-order valence-electron chi connectivity index (χ3n) is 4.84. The normalized spacial score (nSPS) is 12.7. The van der Waals surface area contributed by atoms with Gasteiger partial charge in [-0.1, -0.05) is 0 Å². The maximum atomic E-state index is 13.8. The van der Waals surface area contributed by atoms with E-state index in [1.54, 1.807) is 0 Å². The van der Waals surface area contributed by atoms with Gasteiger partial charge in [-0.05, 0) is 12.1 Å². The summed E-state index contributed by atoms with van der Waals surface area (Å²) in [6.07, 6.45) is -24.7. The minimum absolute atomic E-state index is 0.988. The molecule has 0 spiro atoms. The zero-order valence-corrected chi connectivity index (χ0v) is 18.5. The molecule has 21 heteroatoms. The monoisotopic (exact) mass is 618 g/mol. The van der Waals surface area contributed by atoms with Crippen LogP contribution in [0.2, 0.25) is 0 Å². The number of hydrogen-bond donors (Lipinski definition) is 4. The van der Waals surface area contributed by atoms with Gasteiger partial charge in [-0.15, -0.1) is 0 Å². The van der Waals surface area contributed by atoms with Crippen molar-refractivity contribution in [2.45, 2.75) is 24.7 Å². The van der Waals surface area contributed by atoms with E-state index in [1.165, 1.54) is 0 Å². The molecule has 0 aliphatic carbocycles. The number of aromatic carboxylic acids is 4. The zero-order valence-electron chi connectivity index (χ0n) is 18.5. The molecule has 0 heterocycles. The molecule has 0 aliphatic heterocycles. The summed E-state index contributed by atoms with van der Waals surface area (Å²) >= 11 is 0. The fourth-order valence-corrected chi connectivity index (χ4v) is 3.48. The number of hydrogen-bond acceptors (Lipinski definition) is 5. The zero-order chi connectivity index (χ0) is 32.2. The molecule has 2 rings (SSSR count). The van der Waals surface area contributed by atoms with Gasteiger partial charge in [0.2, 0.25) is 0 Å². The summed E-state index contributed by atoms with van der Waals surface area (Å²) < 4.78 is 168. The highest BCUT2D eigenvalue weighted by Gasteiger charge is 2.50. The summed E-state index contributed by atoms with van der Waals surface area (Å²) in [5.41, 5.74) is -22.3. The number of carboxylic acid groups (broad SMARTS) is 4. The molecule has 0 atom stereocenters. The summed E-state index contributed by atoms with van der Waals surface area (Å²) in [7, 11) is 0. The van der Waals surface area contributed by atoms with E-state index in [1.807, 2.05) is 0 Å². The molecule has 0 saturated carbocycles. The smallest absolute Gasteiger partial charge is 0.420 e. The number of alkyl halides is 12. The SMILES string of the molecule is O=C(O)c1c(C(F)(F)F)cc(Oc2cc(C(F)(F)F)c(C(=O)O)c(C(=O)O)c2C(F)(F)F)c(C(F)(F)F)c1C(=O)O. The van der Waals surface area contributed by atoms with E-state index in [4.69, 9.17) is 20.4 Å². The molecule has 41 heavy (non-hydrogen) atoms. The molecule has 0 amide bonds. The van der Waals surface area contributed by atoms with Gasteiger partial charge in [0, 0.05) is 0 Å². The first-order valence-corrected chi connectivity index (χ1v) is 9.54. The largest absolute Gasteiger partial charge is 0.478 e. The van der Waals surface area contributed by atoms with Crippen LogP contribution >= 0.6 is 0 Å². The molecule has 2 aromatic rings. The van der Waals surface area contributed by atoms with E-state index in [0.29, 0.717) is 0 Å². The average Bonchev–Trinajstić information content (AvgIpc) is 2.73. The van der Waals surface area contributed by atoms with Crippen molar-refractivity contribution in [3.05, 3.63) is 56.6 Å². The number of carbonyl (C=O) groups is 4. The lowest BCUT2D eigenvalue weighted by Crippen LogP contribution is -2.25. The first-order valence-electron chi connectivity index (χ1n) is 9.54. The Kier molecular flexibility index (Phi) is 7.95. The standard InChI is InChI=1S/C20H6F12O9/c21-17(22,23)3-1-5(11(19(27,28)29)9(15(37)38)7(3)13(33)34)41-6-2-4(18(24,25)26)8(14(35)36)10(16(39)40)12(6)20(30,31)32/h1-2H,(H,33,34)(H,35,36)(H,37,38)(H,39,40). The molecule has 0 fully saturated rings. The Bertz CT molecular complexity index is 1360. The van der Waals surface area contributed by atoms with Crippen LogP contribution in [0, 0.1) is 0 Å². The fourth-order valence-electron chi connectivity index (χ4n) is 3.48. The van der Waals surface area contributed by atoms with Gasteiger partial charge < -0.3 is 25.2 Å². The Labute approximate surface area is 214 Å². The first-order chi connectivity index (χ1) is 18.2. The van der Waals surface area contributed by atoms with Crippen molar-refractivity contribution in [1.82, 2.24) is 0 Å². The van der Waals surface area contributed by atoms with Gasteiger partial charge in [0.15, 0.2) is 0 Å². The second-order valence-electron chi connectivity index (χ2n) is 7.41. The van der Waals surface area contributed by atoms with Gasteiger partial charge in [0.05, 0.1) is 33.4 Å². The molecule has 224 valence electrons. The number of ether oxygens (including phenoxy) is 1. The maximum absolute atomic E-state index is 13.8. The van der Waals surface area contributed by atoms with Gasteiger partial charge in [-0.25, -0.2) is 19.2 Å². The lowest BCUT2D eigenvalue weighted by molar-refractivity contribution is -0.144. The minimum atomic E-state index is -6.29. The molecule has 0 aliphatic rings. The molecule has 2 aromatic carbocycles. The van der Waals surface area contributed by atoms with Crippen molar-refractivity contribution in [1.29, 1.82) is 0 Å².